The van der Waals surface area contributed by atoms with Crippen LogP contribution in [0.25, 0.3) is 0 Å². The third-order valence-electron chi connectivity index (χ3n) is 3.32. The molecule has 0 bridgehead atoms. The van der Waals surface area contributed by atoms with Crippen molar-refractivity contribution in [2.24, 2.45) is 5.92 Å². The monoisotopic (exact) mass is 261 g/mol. The minimum Gasteiger partial charge on any atom is -0.426 e. The Kier molecular flexibility index (Phi) is 4.20. The molecule has 1 heterocycles. The molecule has 2 rings (SSSR count). The number of amides is 1. The van der Waals surface area contributed by atoms with Crippen molar-refractivity contribution in [3.63, 3.8) is 0 Å². The second-order valence-corrected chi connectivity index (χ2v) is 5.09. The van der Waals surface area contributed by atoms with Crippen molar-refractivity contribution in [2.75, 3.05) is 13.1 Å². The Balaban J connectivity index is 2.20. The minimum absolute atomic E-state index is 0.0524. The summed E-state index contributed by atoms with van der Waals surface area (Å²) in [5.74, 6) is 0.410. The van der Waals surface area contributed by atoms with Crippen LogP contribution >= 0.6 is 0 Å². The lowest BCUT2D eigenvalue weighted by atomic mass is 9.99. The van der Waals surface area contributed by atoms with Crippen molar-refractivity contribution in [2.45, 2.75) is 26.7 Å². The summed E-state index contributed by atoms with van der Waals surface area (Å²) in [6, 6.07) is 6.91. The number of esters is 1. The predicted molar refractivity (Wildman–Crippen MR) is 72.1 cm³/mol. The quantitative estimate of drug-likeness (QED) is 0.607. The molecule has 0 unspecified atom stereocenters. The largest absolute Gasteiger partial charge is 0.426 e. The molecule has 4 heteroatoms. The van der Waals surface area contributed by atoms with Gasteiger partial charge in [0.2, 0.25) is 0 Å². The van der Waals surface area contributed by atoms with Gasteiger partial charge in [0, 0.05) is 20.0 Å². The van der Waals surface area contributed by atoms with Crippen molar-refractivity contribution in [1.82, 2.24) is 4.90 Å². The number of likely N-dealkylation sites (tertiary alicyclic amines) is 1. The van der Waals surface area contributed by atoms with E-state index >= 15 is 0 Å². The van der Waals surface area contributed by atoms with Gasteiger partial charge >= 0.3 is 5.97 Å². The first-order valence-electron chi connectivity index (χ1n) is 6.64. The molecule has 0 spiro atoms. The highest BCUT2D eigenvalue weighted by molar-refractivity contribution is 5.97. The van der Waals surface area contributed by atoms with Crippen LogP contribution in [-0.2, 0) is 4.79 Å². The van der Waals surface area contributed by atoms with Gasteiger partial charge in [-0.05, 0) is 30.9 Å². The molecule has 4 nitrogen and oxygen atoms in total. The zero-order valence-electron chi connectivity index (χ0n) is 11.4. The van der Waals surface area contributed by atoms with Crippen LogP contribution in [0.5, 0.6) is 5.75 Å². The van der Waals surface area contributed by atoms with Crippen LogP contribution in [0.4, 0.5) is 0 Å². The topological polar surface area (TPSA) is 46.6 Å². The zero-order chi connectivity index (χ0) is 13.8. The highest BCUT2D eigenvalue weighted by atomic mass is 16.5. The van der Waals surface area contributed by atoms with E-state index in [1.807, 2.05) is 4.90 Å². The maximum atomic E-state index is 12.5. The number of rotatable bonds is 2. The van der Waals surface area contributed by atoms with Gasteiger partial charge in [-0.15, -0.1) is 0 Å². The Morgan fingerprint density at radius 2 is 2.05 bits per heavy atom. The summed E-state index contributed by atoms with van der Waals surface area (Å²) in [5.41, 5.74) is 0.465. The van der Waals surface area contributed by atoms with E-state index in [1.54, 1.807) is 24.3 Å². The molecule has 0 radical (unpaired) electrons. The van der Waals surface area contributed by atoms with Gasteiger partial charge in [0.15, 0.2) is 0 Å². The van der Waals surface area contributed by atoms with Crippen LogP contribution in [0, 0.1) is 5.92 Å². The van der Waals surface area contributed by atoms with E-state index in [0.717, 1.165) is 25.9 Å². The van der Waals surface area contributed by atoms with E-state index in [1.165, 1.54) is 6.92 Å². The Hall–Kier alpha value is -1.84. The summed E-state index contributed by atoms with van der Waals surface area (Å²) in [6.07, 6.45) is 2.19. The molecule has 1 fully saturated rings. The molecule has 1 atom stereocenters. The molecule has 0 aliphatic carbocycles. The van der Waals surface area contributed by atoms with Gasteiger partial charge in [0.05, 0.1) is 5.56 Å². The molecule has 1 aromatic rings. The maximum absolute atomic E-state index is 12.5. The molecule has 102 valence electrons. The lowest BCUT2D eigenvalue weighted by molar-refractivity contribution is -0.131. The number of piperidine rings is 1. The first-order valence-corrected chi connectivity index (χ1v) is 6.64. The van der Waals surface area contributed by atoms with Crippen molar-refractivity contribution in [3.8, 4) is 5.75 Å². The van der Waals surface area contributed by atoms with E-state index in [4.69, 9.17) is 4.74 Å². The van der Waals surface area contributed by atoms with E-state index in [9.17, 15) is 9.59 Å². The Bertz CT molecular complexity index is 484. The van der Waals surface area contributed by atoms with Gasteiger partial charge < -0.3 is 9.64 Å². The van der Waals surface area contributed by atoms with Crippen molar-refractivity contribution in [1.29, 1.82) is 0 Å². The van der Waals surface area contributed by atoms with Gasteiger partial charge in [0.1, 0.15) is 5.75 Å². The van der Waals surface area contributed by atoms with Crippen LogP contribution < -0.4 is 4.74 Å². The molecular weight excluding hydrogens is 242 g/mol. The molecule has 1 amide bonds. The van der Waals surface area contributed by atoms with E-state index in [0.29, 0.717) is 17.2 Å². The molecule has 1 aliphatic rings. The van der Waals surface area contributed by atoms with Crippen LogP contribution in [-0.4, -0.2) is 29.9 Å². The van der Waals surface area contributed by atoms with Gasteiger partial charge in [-0.3, -0.25) is 9.59 Å². The SMILES string of the molecule is CC(=O)Oc1ccccc1C(=O)N1CCC[C@H](C)C1. The van der Waals surface area contributed by atoms with Crippen molar-refractivity contribution in [3.05, 3.63) is 29.8 Å². The van der Waals surface area contributed by atoms with E-state index in [2.05, 4.69) is 6.92 Å². The number of para-hydroxylation sites is 1. The summed E-state index contributed by atoms with van der Waals surface area (Å²) in [7, 11) is 0. The maximum Gasteiger partial charge on any atom is 0.308 e. The van der Waals surface area contributed by atoms with Crippen molar-refractivity contribution < 1.29 is 14.3 Å². The van der Waals surface area contributed by atoms with Gasteiger partial charge in [-0.2, -0.15) is 0 Å². The number of hydrogen-bond acceptors (Lipinski definition) is 3. The highest BCUT2D eigenvalue weighted by Gasteiger charge is 2.24. The van der Waals surface area contributed by atoms with E-state index < -0.39 is 5.97 Å². The fraction of sp³-hybridized carbons (Fsp3) is 0.467. The van der Waals surface area contributed by atoms with Crippen LogP contribution in [0.3, 0.4) is 0 Å². The average Bonchev–Trinajstić information content (AvgIpc) is 2.38. The lowest BCUT2D eigenvalue weighted by Gasteiger charge is -2.31. The van der Waals surface area contributed by atoms with Gasteiger partial charge in [-0.1, -0.05) is 19.1 Å². The van der Waals surface area contributed by atoms with Crippen LogP contribution in [0.2, 0.25) is 0 Å². The molecule has 0 N–H and O–H groups in total. The molecule has 0 aromatic heterocycles. The second kappa shape index (κ2) is 5.87. The third-order valence-corrected chi connectivity index (χ3v) is 3.32. The number of carbonyl (C=O) groups is 2. The molecule has 1 aromatic carbocycles. The summed E-state index contributed by atoms with van der Waals surface area (Å²) >= 11 is 0. The lowest BCUT2D eigenvalue weighted by Crippen LogP contribution is -2.39. The van der Waals surface area contributed by atoms with Crippen molar-refractivity contribution >= 4 is 11.9 Å². The summed E-state index contributed by atoms with van der Waals surface area (Å²) in [4.78, 5) is 25.4. The summed E-state index contributed by atoms with van der Waals surface area (Å²) in [5, 5.41) is 0. The first-order chi connectivity index (χ1) is 9.08. The Labute approximate surface area is 113 Å². The third kappa shape index (κ3) is 3.34. The van der Waals surface area contributed by atoms with E-state index in [-0.39, 0.29) is 5.91 Å². The fourth-order valence-electron chi connectivity index (χ4n) is 2.43. The highest BCUT2D eigenvalue weighted by Crippen LogP contribution is 2.23. The second-order valence-electron chi connectivity index (χ2n) is 5.09. The molecular formula is C15H19NO3. The standard InChI is InChI=1S/C15H19NO3/c1-11-6-5-9-16(10-11)15(18)13-7-3-4-8-14(13)19-12(2)17/h3-4,7-8,11H,5-6,9-10H2,1-2H3/t11-/m0/s1. The van der Waals surface area contributed by atoms with Crippen LogP contribution in [0.15, 0.2) is 24.3 Å². The molecule has 19 heavy (non-hydrogen) atoms. The number of carbonyl (C=O) groups excluding carboxylic acids is 2. The fourth-order valence-corrected chi connectivity index (χ4v) is 2.43. The predicted octanol–water partition coefficient (Wildman–Crippen LogP) is 2.48. The van der Waals surface area contributed by atoms with Gasteiger partial charge in [-0.25, -0.2) is 0 Å². The normalized spacial score (nSPS) is 19.1. The smallest absolute Gasteiger partial charge is 0.308 e. The molecule has 1 aliphatic heterocycles. The molecule has 0 saturated carbocycles. The summed E-state index contributed by atoms with van der Waals surface area (Å²) < 4.78 is 5.10. The number of nitrogens with zero attached hydrogens (tertiary/aromatic N) is 1. The zero-order valence-corrected chi connectivity index (χ0v) is 11.4. The Morgan fingerprint density at radius 3 is 2.74 bits per heavy atom. The van der Waals surface area contributed by atoms with Crippen LogP contribution in [0.1, 0.15) is 37.0 Å². The first kappa shape index (κ1) is 13.6. The average molecular weight is 261 g/mol. The number of benzene rings is 1. The number of ether oxygens (including phenoxy) is 1. The Morgan fingerprint density at radius 1 is 1.32 bits per heavy atom. The molecule has 1 saturated heterocycles. The van der Waals surface area contributed by atoms with Gasteiger partial charge in [0.25, 0.3) is 5.91 Å². The summed E-state index contributed by atoms with van der Waals surface area (Å²) in [6.45, 7) is 5.03. The minimum atomic E-state index is -0.410. The number of hydrogen-bond donors (Lipinski definition) is 0.